The van der Waals surface area contributed by atoms with Crippen LogP contribution in [0.5, 0.6) is 0 Å². The number of hydrogen-bond acceptors (Lipinski definition) is 4. The largest absolute Gasteiger partial charge is 0.396 e. The van der Waals surface area contributed by atoms with Crippen molar-refractivity contribution in [1.82, 2.24) is 0 Å². The average Bonchev–Trinajstić information content (AvgIpc) is 2.01. The van der Waals surface area contributed by atoms with Gasteiger partial charge in [0.2, 0.25) is 0 Å². The molecule has 1 N–H and O–H groups in total. The normalized spacial score (nSPS) is 10.0. The molecule has 0 saturated carbocycles. The third-order valence-electron chi connectivity index (χ3n) is 0.540. The second kappa shape index (κ2) is 12.0. The molecule has 0 aliphatic rings. The van der Waals surface area contributed by atoms with E-state index in [2.05, 4.69) is 40.3 Å². The van der Waals surface area contributed by atoms with Crippen LogP contribution in [-0.4, -0.2) is 28.0 Å². The van der Waals surface area contributed by atoms with Crippen LogP contribution in [0.3, 0.4) is 0 Å². The van der Waals surface area contributed by atoms with Crippen molar-refractivity contribution in [2.24, 2.45) is 0 Å². The summed E-state index contributed by atoms with van der Waals surface area (Å²) in [6, 6.07) is 0. The Balaban J connectivity index is 0. The molecule has 0 unspecified atom stereocenters. The molecule has 0 atom stereocenters. The SMILES string of the molecule is CC(C)SSC(C)C.OCCS. The lowest BCUT2D eigenvalue weighted by Crippen LogP contribution is -1.86. The van der Waals surface area contributed by atoms with Crippen molar-refractivity contribution in [2.45, 2.75) is 38.2 Å². The van der Waals surface area contributed by atoms with Crippen molar-refractivity contribution in [2.75, 3.05) is 12.4 Å². The number of aliphatic hydroxyl groups is 1. The molecular weight excluding hydrogens is 208 g/mol. The van der Waals surface area contributed by atoms with Gasteiger partial charge in [0, 0.05) is 16.3 Å². The Labute approximate surface area is 89.9 Å². The maximum Gasteiger partial charge on any atom is 0.0519 e. The van der Waals surface area contributed by atoms with Crippen molar-refractivity contribution >= 4 is 34.2 Å². The van der Waals surface area contributed by atoms with Gasteiger partial charge in [0.1, 0.15) is 0 Å². The summed E-state index contributed by atoms with van der Waals surface area (Å²) in [5, 5.41) is 9.33. The van der Waals surface area contributed by atoms with E-state index in [1.807, 2.05) is 21.6 Å². The van der Waals surface area contributed by atoms with Gasteiger partial charge in [0.05, 0.1) is 6.61 Å². The lowest BCUT2D eigenvalue weighted by molar-refractivity contribution is 0.323. The van der Waals surface area contributed by atoms with Crippen LogP contribution in [0.1, 0.15) is 27.7 Å². The molecule has 0 aromatic rings. The first-order chi connectivity index (χ1) is 5.54. The Kier molecular flexibility index (Phi) is 15.5. The summed E-state index contributed by atoms with van der Waals surface area (Å²) in [4.78, 5) is 0. The Bertz CT molecular complexity index is 66.7. The molecule has 0 aliphatic carbocycles. The summed E-state index contributed by atoms with van der Waals surface area (Å²) in [6.45, 7) is 9.07. The molecule has 0 fully saturated rings. The van der Waals surface area contributed by atoms with Crippen LogP contribution in [0.2, 0.25) is 0 Å². The van der Waals surface area contributed by atoms with Gasteiger partial charge in [-0.15, -0.1) is 0 Å². The standard InChI is InChI=1S/C6H14S2.C2H6OS/c1-5(2)7-8-6(3)4;3-1-2-4/h5-6H,1-4H3;3-4H,1-2H2. The van der Waals surface area contributed by atoms with Crippen molar-refractivity contribution in [3.63, 3.8) is 0 Å². The second-order valence-electron chi connectivity index (χ2n) is 2.74. The third kappa shape index (κ3) is 22.5. The smallest absolute Gasteiger partial charge is 0.0519 e. The van der Waals surface area contributed by atoms with Crippen LogP contribution >= 0.6 is 34.2 Å². The van der Waals surface area contributed by atoms with Crippen LogP contribution in [0.25, 0.3) is 0 Å². The molecule has 0 radical (unpaired) electrons. The number of rotatable bonds is 4. The van der Waals surface area contributed by atoms with Crippen LogP contribution < -0.4 is 0 Å². The third-order valence-corrected chi connectivity index (χ3v) is 4.26. The fraction of sp³-hybridized carbons (Fsp3) is 1.00. The Hall–Kier alpha value is 1.01. The van der Waals surface area contributed by atoms with E-state index < -0.39 is 0 Å². The summed E-state index contributed by atoms with van der Waals surface area (Å²) in [7, 11) is 3.91. The summed E-state index contributed by atoms with van der Waals surface area (Å²) in [5.74, 6) is 0.569. The van der Waals surface area contributed by atoms with Crippen LogP contribution in [-0.2, 0) is 0 Å². The van der Waals surface area contributed by atoms with E-state index >= 15 is 0 Å². The summed E-state index contributed by atoms with van der Waals surface area (Å²) in [5.41, 5.74) is 0. The zero-order valence-electron chi connectivity index (χ0n) is 8.28. The molecule has 0 saturated heterocycles. The van der Waals surface area contributed by atoms with Gasteiger partial charge in [-0.25, -0.2) is 0 Å². The van der Waals surface area contributed by atoms with E-state index in [1.165, 1.54) is 0 Å². The zero-order chi connectivity index (χ0) is 9.98. The average molecular weight is 228 g/mol. The monoisotopic (exact) mass is 228 g/mol. The summed E-state index contributed by atoms with van der Waals surface area (Å²) >= 11 is 3.67. The van der Waals surface area contributed by atoms with Gasteiger partial charge in [0.15, 0.2) is 0 Å². The van der Waals surface area contributed by atoms with E-state index in [-0.39, 0.29) is 6.61 Å². The fourth-order valence-corrected chi connectivity index (χ4v) is 2.00. The summed E-state index contributed by atoms with van der Waals surface area (Å²) < 4.78 is 0. The van der Waals surface area contributed by atoms with Crippen LogP contribution in [0, 0.1) is 0 Å². The van der Waals surface area contributed by atoms with E-state index in [0.717, 1.165) is 10.5 Å². The van der Waals surface area contributed by atoms with Gasteiger partial charge < -0.3 is 5.11 Å². The number of thiol groups is 1. The maximum atomic E-state index is 7.80. The first kappa shape index (κ1) is 15.5. The first-order valence-electron chi connectivity index (χ1n) is 4.08. The topological polar surface area (TPSA) is 20.2 Å². The number of aliphatic hydroxyl groups excluding tert-OH is 1. The molecule has 12 heavy (non-hydrogen) atoms. The zero-order valence-corrected chi connectivity index (χ0v) is 10.8. The van der Waals surface area contributed by atoms with Gasteiger partial charge in [-0.2, -0.15) is 12.6 Å². The van der Waals surface area contributed by atoms with Crippen molar-refractivity contribution < 1.29 is 5.11 Å². The lowest BCUT2D eigenvalue weighted by Gasteiger charge is -2.04. The Morgan fingerprint density at radius 2 is 1.33 bits per heavy atom. The molecule has 1 nitrogen and oxygen atoms in total. The van der Waals surface area contributed by atoms with E-state index in [0.29, 0.717) is 5.75 Å². The minimum absolute atomic E-state index is 0.184. The molecule has 0 aromatic carbocycles. The molecule has 0 aromatic heterocycles. The van der Waals surface area contributed by atoms with E-state index in [4.69, 9.17) is 5.11 Å². The molecule has 0 rings (SSSR count). The van der Waals surface area contributed by atoms with Gasteiger partial charge in [0.25, 0.3) is 0 Å². The Morgan fingerprint density at radius 3 is 1.42 bits per heavy atom. The van der Waals surface area contributed by atoms with Gasteiger partial charge in [-0.1, -0.05) is 49.3 Å². The highest BCUT2D eigenvalue weighted by Gasteiger charge is 1.96. The predicted molar refractivity (Wildman–Crippen MR) is 66.4 cm³/mol. The second-order valence-corrected chi connectivity index (χ2v) is 6.61. The van der Waals surface area contributed by atoms with E-state index in [1.54, 1.807) is 0 Å². The van der Waals surface area contributed by atoms with E-state index in [9.17, 15) is 0 Å². The maximum absolute atomic E-state index is 7.80. The highest BCUT2D eigenvalue weighted by Crippen LogP contribution is 2.29. The molecule has 4 heteroatoms. The highest BCUT2D eigenvalue weighted by molar-refractivity contribution is 8.77. The van der Waals surface area contributed by atoms with Crippen molar-refractivity contribution in [1.29, 1.82) is 0 Å². The Morgan fingerprint density at radius 1 is 1.08 bits per heavy atom. The highest BCUT2D eigenvalue weighted by atomic mass is 33.1. The van der Waals surface area contributed by atoms with Gasteiger partial charge in [-0.3, -0.25) is 0 Å². The molecule has 76 valence electrons. The van der Waals surface area contributed by atoms with Crippen LogP contribution in [0.15, 0.2) is 0 Å². The van der Waals surface area contributed by atoms with Gasteiger partial charge in [-0.05, 0) is 0 Å². The fourth-order valence-electron chi connectivity index (χ4n) is 0.222. The molecule has 0 aliphatic heterocycles. The molecule has 0 spiro atoms. The van der Waals surface area contributed by atoms with Crippen LogP contribution in [0.4, 0.5) is 0 Å². The quantitative estimate of drug-likeness (QED) is 0.570. The minimum Gasteiger partial charge on any atom is -0.396 e. The molecule has 0 bridgehead atoms. The predicted octanol–water partition coefficient (Wildman–Crippen LogP) is 3.09. The molecule has 0 heterocycles. The summed E-state index contributed by atoms with van der Waals surface area (Å²) in [6.07, 6.45) is 0. The van der Waals surface area contributed by atoms with Crippen molar-refractivity contribution in [3.05, 3.63) is 0 Å². The molecular formula is C8H20OS3. The lowest BCUT2D eigenvalue weighted by atomic mass is 10.6. The first-order valence-corrected chi connectivity index (χ1v) is 6.99. The van der Waals surface area contributed by atoms with Gasteiger partial charge >= 0.3 is 0 Å². The van der Waals surface area contributed by atoms with Crippen molar-refractivity contribution in [3.8, 4) is 0 Å². The number of hydrogen-bond donors (Lipinski definition) is 2. The molecule has 0 amide bonds. The minimum atomic E-state index is 0.184.